The summed E-state index contributed by atoms with van der Waals surface area (Å²) < 4.78 is 22.7. The van der Waals surface area contributed by atoms with Crippen molar-refractivity contribution >= 4 is 17.9 Å². The van der Waals surface area contributed by atoms with Crippen LogP contribution in [0.4, 0.5) is 0 Å². The predicted octanol–water partition coefficient (Wildman–Crippen LogP) is 16.3. The molecule has 0 saturated carbocycles. The molecular formula is C66H109NO8. The van der Waals surface area contributed by atoms with E-state index in [1.165, 1.54) is 57.8 Å². The number of carboxylic acids is 1. The Morgan fingerprint density at radius 2 is 0.760 bits per heavy atom. The minimum Gasteiger partial charge on any atom is -0.545 e. The largest absolute Gasteiger partial charge is 0.545 e. The molecule has 0 saturated heterocycles. The Kier molecular flexibility index (Phi) is 52.7. The summed E-state index contributed by atoms with van der Waals surface area (Å²) >= 11 is 0. The Labute approximate surface area is 459 Å². The summed E-state index contributed by atoms with van der Waals surface area (Å²) in [5, 5.41) is 11.8. The van der Waals surface area contributed by atoms with Crippen LogP contribution in [-0.4, -0.2) is 82.3 Å². The number of allylic oxidation sites excluding steroid dienone is 20. The fourth-order valence-electron chi connectivity index (χ4n) is 7.64. The van der Waals surface area contributed by atoms with Crippen molar-refractivity contribution < 1.29 is 42.9 Å². The highest BCUT2D eigenvalue weighted by atomic mass is 16.7. The van der Waals surface area contributed by atoms with Crippen LogP contribution in [0.1, 0.15) is 219 Å². The molecule has 2 unspecified atom stereocenters. The van der Waals surface area contributed by atoms with Gasteiger partial charge in [0.2, 0.25) is 0 Å². The first-order valence-corrected chi connectivity index (χ1v) is 29.7. The fraction of sp³-hybridized carbons (Fsp3) is 0.652. The molecule has 9 nitrogen and oxygen atoms in total. The summed E-state index contributed by atoms with van der Waals surface area (Å²) in [6.45, 7) is 4.57. The van der Waals surface area contributed by atoms with E-state index in [0.717, 1.165) is 128 Å². The smallest absolute Gasteiger partial charge is 0.306 e. The average molecular weight is 1040 g/mol. The second-order valence-electron chi connectivity index (χ2n) is 20.5. The van der Waals surface area contributed by atoms with Crippen molar-refractivity contribution in [1.29, 1.82) is 0 Å². The van der Waals surface area contributed by atoms with Gasteiger partial charge in [-0.3, -0.25) is 9.59 Å². The van der Waals surface area contributed by atoms with E-state index in [1.54, 1.807) is 0 Å². The minimum absolute atomic E-state index is 0.137. The third-order valence-corrected chi connectivity index (χ3v) is 12.2. The second kappa shape index (κ2) is 55.9. The molecule has 0 aliphatic rings. The lowest BCUT2D eigenvalue weighted by Crippen LogP contribution is -2.44. The monoisotopic (exact) mass is 1040 g/mol. The number of carbonyl (C=O) groups is 3. The summed E-state index contributed by atoms with van der Waals surface area (Å²) in [5.74, 6) is -2.32. The van der Waals surface area contributed by atoms with E-state index in [0.29, 0.717) is 17.4 Å². The molecule has 0 bridgehead atoms. The molecule has 0 aliphatic carbocycles. The third kappa shape index (κ3) is 57.2. The van der Waals surface area contributed by atoms with Crippen LogP contribution in [0.2, 0.25) is 0 Å². The summed E-state index contributed by atoms with van der Waals surface area (Å²) in [6, 6.07) is 0. The number of carbonyl (C=O) groups excluding carboxylic acids is 3. The number of quaternary nitrogens is 1. The van der Waals surface area contributed by atoms with Gasteiger partial charge in [0.05, 0.1) is 40.3 Å². The molecule has 9 heteroatoms. The summed E-state index contributed by atoms with van der Waals surface area (Å²) in [7, 11) is 5.91. The SMILES string of the molecule is CC/C=C\C/C=C\C/C=C\C/C=C\C/C=C\C/C=C\C/C=C\C/C=C\CCCCCCCCC(=O)OC(COC(=O)CCCCCCCCCCC/C=C\C/C=C\CCCCC)COC(OCC[N+](C)(C)C)C(=O)[O-]. The minimum atomic E-state index is -1.63. The summed E-state index contributed by atoms with van der Waals surface area (Å²) in [4.78, 5) is 37.3. The average Bonchev–Trinajstić information content (AvgIpc) is 3.38. The highest BCUT2D eigenvalue weighted by molar-refractivity contribution is 5.70. The van der Waals surface area contributed by atoms with Gasteiger partial charge in [-0.25, -0.2) is 0 Å². The van der Waals surface area contributed by atoms with Crippen molar-refractivity contribution in [2.75, 3.05) is 47.5 Å². The van der Waals surface area contributed by atoms with Gasteiger partial charge in [0.15, 0.2) is 12.4 Å². The second-order valence-corrected chi connectivity index (χ2v) is 20.5. The zero-order valence-electron chi connectivity index (χ0n) is 48.4. The van der Waals surface area contributed by atoms with Gasteiger partial charge < -0.3 is 33.3 Å². The highest BCUT2D eigenvalue weighted by Gasteiger charge is 2.22. The number of likely N-dealkylation sites (N-methyl/N-ethyl adjacent to an activating group) is 1. The topological polar surface area (TPSA) is 111 Å². The number of aliphatic carboxylic acids is 1. The zero-order chi connectivity index (χ0) is 54.8. The van der Waals surface area contributed by atoms with Crippen LogP contribution in [0.25, 0.3) is 0 Å². The van der Waals surface area contributed by atoms with Crippen molar-refractivity contribution in [2.24, 2.45) is 0 Å². The first-order chi connectivity index (χ1) is 36.6. The summed E-state index contributed by atoms with van der Waals surface area (Å²) in [6.07, 6.45) is 75.2. The van der Waals surface area contributed by atoms with Crippen LogP contribution in [-0.2, 0) is 33.3 Å². The Bertz CT molecular complexity index is 1640. The van der Waals surface area contributed by atoms with Gasteiger partial charge in [0.25, 0.3) is 0 Å². The van der Waals surface area contributed by atoms with E-state index in [9.17, 15) is 19.5 Å². The zero-order valence-corrected chi connectivity index (χ0v) is 48.4. The van der Waals surface area contributed by atoms with Gasteiger partial charge in [0, 0.05) is 12.8 Å². The van der Waals surface area contributed by atoms with Crippen molar-refractivity contribution in [1.82, 2.24) is 0 Å². The van der Waals surface area contributed by atoms with E-state index in [-0.39, 0.29) is 38.6 Å². The van der Waals surface area contributed by atoms with Crippen LogP contribution in [0, 0.1) is 0 Å². The fourth-order valence-corrected chi connectivity index (χ4v) is 7.64. The number of hydrogen-bond acceptors (Lipinski definition) is 8. The van der Waals surface area contributed by atoms with Gasteiger partial charge in [-0.15, -0.1) is 0 Å². The highest BCUT2D eigenvalue weighted by Crippen LogP contribution is 2.14. The van der Waals surface area contributed by atoms with Gasteiger partial charge in [-0.1, -0.05) is 219 Å². The summed E-state index contributed by atoms with van der Waals surface area (Å²) in [5.41, 5.74) is 0. The number of unbranched alkanes of at least 4 members (excludes halogenated alkanes) is 18. The number of rotatable bonds is 53. The molecule has 0 rings (SSSR count). The van der Waals surface area contributed by atoms with Crippen LogP contribution in [0.3, 0.4) is 0 Å². The molecule has 0 radical (unpaired) electrons. The molecule has 0 spiro atoms. The number of ether oxygens (including phenoxy) is 4. The molecular weight excluding hydrogens is 935 g/mol. The molecule has 0 aromatic carbocycles. The van der Waals surface area contributed by atoms with Gasteiger partial charge in [-0.2, -0.15) is 0 Å². The van der Waals surface area contributed by atoms with Gasteiger partial charge >= 0.3 is 11.9 Å². The number of hydrogen-bond donors (Lipinski definition) is 0. The van der Waals surface area contributed by atoms with Crippen LogP contribution < -0.4 is 5.11 Å². The molecule has 0 aromatic rings. The maximum Gasteiger partial charge on any atom is 0.306 e. The Morgan fingerprint density at radius 3 is 1.13 bits per heavy atom. The van der Waals surface area contributed by atoms with Crippen molar-refractivity contribution in [3.63, 3.8) is 0 Å². The lowest BCUT2D eigenvalue weighted by atomic mass is 10.1. The van der Waals surface area contributed by atoms with E-state index in [2.05, 4.69) is 135 Å². The van der Waals surface area contributed by atoms with Crippen molar-refractivity contribution in [2.45, 2.75) is 232 Å². The van der Waals surface area contributed by atoms with E-state index in [4.69, 9.17) is 18.9 Å². The molecule has 0 aliphatic heterocycles. The van der Waals surface area contributed by atoms with Crippen molar-refractivity contribution in [3.8, 4) is 0 Å². The standard InChI is InChI=1S/C66H109NO8/c1-6-8-10-12-14-16-18-20-22-24-26-27-28-29-30-31-32-33-34-35-36-37-39-41-43-45-47-49-51-53-55-57-64(69)75-62(61-74-66(65(70)71)72-59-58-67(3,4)5)60-73-63(68)56-54-52-50-48-46-44-42-40-38-25-23-21-19-17-15-13-11-9-7-2/h8,10,14-17,20-23,26-27,29-30,32-33,35-36,39,41,62,66H,6-7,9,11-13,18-19,24-25,28,31,34,37-38,40,42-61H2,1-5H3/b10-8-,16-14-,17-15-,22-20-,23-21-,27-26-,30-29-,33-32-,36-35-,41-39-. The lowest BCUT2D eigenvalue weighted by molar-refractivity contribution is -0.870. The number of carboxylic acid groups (broad SMARTS) is 1. The quantitative estimate of drug-likeness (QED) is 0.0195. The Hall–Kier alpha value is -4.31. The molecule has 0 N–H and O–H groups in total. The molecule has 0 aromatic heterocycles. The van der Waals surface area contributed by atoms with Crippen LogP contribution >= 0.6 is 0 Å². The number of nitrogens with zero attached hydrogens (tertiary/aromatic N) is 1. The molecule has 0 fully saturated rings. The van der Waals surface area contributed by atoms with Gasteiger partial charge in [0.1, 0.15) is 13.2 Å². The Morgan fingerprint density at radius 1 is 0.413 bits per heavy atom. The van der Waals surface area contributed by atoms with E-state index < -0.39 is 24.3 Å². The lowest BCUT2D eigenvalue weighted by Gasteiger charge is -2.26. The first-order valence-electron chi connectivity index (χ1n) is 29.7. The van der Waals surface area contributed by atoms with Crippen molar-refractivity contribution in [3.05, 3.63) is 122 Å². The van der Waals surface area contributed by atoms with Gasteiger partial charge in [-0.05, 0) is 109 Å². The first kappa shape index (κ1) is 70.7. The predicted molar refractivity (Wildman–Crippen MR) is 315 cm³/mol. The normalized spacial score (nSPS) is 13.7. The maximum absolute atomic E-state index is 12.9. The third-order valence-electron chi connectivity index (χ3n) is 12.2. The maximum atomic E-state index is 12.9. The van der Waals surface area contributed by atoms with E-state index >= 15 is 0 Å². The molecule has 0 heterocycles. The Balaban J connectivity index is 4.31. The number of esters is 2. The van der Waals surface area contributed by atoms with E-state index in [1.807, 2.05) is 21.1 Å². The molecule has 426 valence electrons. The van der Waals surface area contributed by atoms with Crippen LogP contribution in [0.15, 0.2) is 122 Å². The molecule has 0 amide bonds. The molecule has 75 heavy (non-hydrogen) atoms. The van der Waals surface area contributed by atoms with Crippen LogP contribution in [0.5, 0.6) is 0 Å². The molecule has 2 atom stereocenters.